The van der Waals surface area contributed by atoms with E-state index in [1.165, 1.54) is 31.0 Å². The average molecular weight is 618 g/mol. The lowest BCUT2D eigenvalue weighted by Gasteiger charge is -2.30. The number of aryl methyl sites for hydroxylation is 1. The number of rotatable bonds is 11. The normalized spacial score (nSPS) is 22.0. The van der Waals surface area contributed by atoms with Gasteiger partial charge >= 0.3 is 5.97 Å². The van der Waals surface area contributed by atoms with Gasteiger partial charge in [0.05, 0.1) is 32.2 Å². The maximum Gasteiger partial charge on any atom is 0.310 e. The second-order valence-electron chi connectivity index (χ2n) is 11.4. The van der Waals surface area contributed by atoms with E-state index in [2.05, 4.69) is 0 Å². The van der Waals surface area contributed by atoms with Crippen molar-refractivity contribution in [1.82, 2.24) is 4.90 Å². The Bertz CT molecular complexity index is 1530. The van der Waals surface area contributed by atoms with Gasteiger partial charge < -0.3 is 18.6 Å². The quantitative estimate of drug-likeness (QED) is 0.0979. The number of benzene rings is 2. The van der Waals surface area contributed by atoms with Gasteiger partial charge in [0.2, 0.25) is 0 Å². The summed E-state index contributed by atoms with van der Waals surface area (Å²) in [6.07, 6.45) is 7.95. The predicted octanol–water partition coefficient (Wildman–Crippen LogP) is 7.07. The fourth-order valence-corrected chi connectivity index (χ4v) is 7.87. The van der Waals surface area contributed by atoms with Crippen LogP contribution in [0.1, 0.15) is 49.0 Å². The Hall–Kier alpha value is -3.56. The van der Waals surface area contributed by atoms with Gasteiger partial charge in [0, 0.05) is 23.7 Å². The number of ether oxygens (including phenoxy) is 3. The minimum atomic E-state index is -0.257. The van der Waals surface area contributed by atoms with Crippen LogP contribution in [0.3, 0.4) is 0 Å². The minimum absolute atomic E-state index is 0.0330. The highest BCUT2D eigenvalue weighted by atomic mass is 32.2. The minimum Gasteiger partial charge on any atom is -0.497 e. The van der Waals surface area contributed by atoms with E-state index in [9.17, 15) is 9.59 Å². The summed E-state index contributed by atoms with van der Waals surface area (Å²) >= 11 is 7.06. The van der Waals surface area contributed by atoms with Crippen LogP contribution in [-0.4, -0.2) is 48.0 Å². The zero-order chi connectivity index (χ0) is 29.9. The Morgan fingerprint density at radius 2 is 1.84 bits per heavy atom. The maximum absolute atomic E-state index is 13.6. The Morgan fingerprint density at radius 1 is 1.07 bits per heavy atom. The van der Waals surface area contributed by atoms with Gasteiger partial charge in [-0.25, -0.2) is 0 Å². The Morgan fingerprint density at radius 3 is 2.51 bits per heavy atom. The zero-order valence-electron chi connectivity index (χ0n) is 24.4. The highest BCUT2D eigenvalue weighted by Crippen LogP contribution is 2.49. The van der Waals surface area contributed by atoms with Gasteiger partial charge in [-0.3, -0.25) is 14.5 Å². The summed E-state index contributed by atoms with van der Waals surface area (Å²) in [6.45, 7) is 0.283. The Kier molecular flexibility index (Phi) is 8.90. The lowest BCUT2D eigenvalue weighted by molar-refractivity contribution is -0.142. The number of carbonyl (C=O) groups excluding carboxylic acids is 2. The first-order valence-electron chi connectivity index (χ1n) is 14.7. The van der Waals surface area contributed by atoms with Crippen LogP contribution in [0.5, 0.6) is 11.5 Å². The SMILES string of the molecule is COc1cc(OC)cc(-c2cc(CCCOC(=O)Cc3ccccc3)c(C=C3SC(=S)N(C4CC5CCC4C5)C3=O)o2)c1. The molecule has 3 aromatic rings. The molecule has 2 saturated carbocycles. The topological polar surface area (TPSA) is 78.2 Å². The lowest BCUT2D eigenvalue weighted by atomic mass is 9.94. The first-order chi connectivity index (χ1) is 20.9. The van der Waals surface area contributed by atoms with Crippen molar-refractivity contribution in [1.29, 1.82) is 0 Å². The third-order valence-electron chi connectivity index (χ3n) is 8.64. The highest BCUT2D eigenvalue weighted by Gasteiger charge is 2.48. The van der Waals surface area contributed by atoms with Crippen molar-refractivity contribution >= 4 is 46.3 Å². The van der Waals surface area contributed by atoms with E-state index >= 15 is 0 Å². The summed E-state index contributed by atoms with van der Waals surface area (Å²) in [5.41, 5.74) is 2.63. The average Bonchev–Trinajstić information content (AvgIpc) is 3.80. The van der Waals surface area contributed by atoms with E-state index in [4.69, 9.17) is 30.8 Å². The summed E-state index contributed by atoms with van der Waals surface area (Å²) in [4.78, 5) is 28.4. The molecule has 43 heavy (non-hydrogen) atoms. The molecule has 1 saturated heterocycles. The maximum atomic E-state index is 13.6. The number of thiocarbonyl (C=S) groups is 1. The third kappa shape index (κ3) is 6.53. The van der Waals surface area contributed by atoms with E-state index in [0.29, 0.717) is 56.9 Å². The molecule has 9 heteroatoms. The van der Waals surface area contributed by atoms with Crippen molar-refractivity contribution in [2.75, 3.05) is 20.8 Å². The molecule has 2 bridgehead atoms. The molecule has 1 aromatic heterocycles. The van der Waals surface area contributed by atoms with Crippen LogP contribution in [0, 0.1) is 11.8 Å². The standard InChI is InChI=1S/C34H35NO6S2/c1-38-26-16-25(17-27(19-26)39-2)29-18-24(9-6-12-40-32(36)15-21-7-4-3-5-8-21)30(41-29)20-31-33(37)35(34(42)43-31)28-14-22-10-11-23(28)13-22/h3-5,7-8,16-20,22-23,28H,6,9-15H2,1-2H3. The number of hydrogen-bond donors (Lipinski definition) is 0. The van der Waals surface area contributed by atoms with Gasteiger partial charge in [0.1, 0.15) is 27.3 Å². The number of fused-ring (bicyclic) bond motifs is 2. The summed E-state index contributed by atoms with van der Waals surface area (Å²) in [5.74, 6) is 3.48. The molecule has 3 unspecified atom stereocenters. The van der Waals surface area contributed by atoms with Crippen LogP contribution < -0.4 is 9.47 Å². The van der Waals surface area contributed by atoms with Crippen LogP contribution in [0.4, 0.5) is 0 Å². The second kappa shape index (κ2) is 13.0. The molecule has 2 aliphatic carbocycles. The highest BCUT2D eigenvalue weighted by molar-refractivity contribution is 8.26. The first-order valence-corrected chi connectivity index (χ1v) is 16.0. The molecule has 6 rings (SSSR count). The molecule has 224 valence electrons. The first kappa shape index (κ1) is 29.5. The zero-order valence-corrected chi connectivity index (χ0v) is 26.0. The Labute approximate surface area is 261 Å². The van der Waals surface area contributed by atoms with Gasteiger partial charge in [-0.15, -0.1) is 0 Å². The molecule has 0 spiro atoms. The molecule has 2 heterocycles. The van der Waals surface area contributed by atoms with Crippen LogP contribution in [0.2, 0.25) is 0 Å². The number of carbonyl (C=O) groups is 2. The number of esters is 1. The van der Waals surface area contributed by atoms with Gasteiger partial charge in [-0.2, -0.15) is 0 Å². The van der Waals surface area contributed by atoms with Crippen LogP contribution in [0.15, 0.2) is 63.9 Å². The van der Waals surface area contributed by atoms with Gasteiger partial charge in [-0.05, 0) is 73.3 Å². The van der Waals surface area contributed by atoms with Crippen molar-refractivity contribution in [3.8, 4) is 22.8 Å². The fourth-order valence-electron chi connectivity index (χ4n) is 6.53. The van der Waals surface area contributed by atoms with Crippen LogP contribution >= 0.6 is 24.0 Å². The van der Waals surface area contributed by atoms with Gasteiger partial charge in [-0.1, -0.05) is 60.7 Å². The number of furan rings is 1. The second-order valence-corrected chi connectivity index (χ2v) is 13.1. The number of amides is 1. The van der Waals surface area contributed by atoms with Crippen LogP contribution in [0.25, 0.3) is 17.4 Å². The van der Waals surface area contributed by atoms with Gasteiger partial charge in [0.15, 0.2) is 0 Å². The largest absolute Gasteiger partial charge is 0.497 e. The van der Waals surface area contributed by atoms with E-state index < -0.39 is 0 Å². The van der Waals surface area contributed by atoms with E-state index in [1.54, 1.807) is 20.3 Å². The molecule has 7 nitrogen and oxygen atoms in total. The summed E-state index contributed by atoms with van der Waals surface area (Å²) in [6, 6.07) is 17.3. The smallest absolute Gasteiger partial charge is 0.310 e. The number of methoxy groups -OCH3 is 2. The van der Waals surface area contributed by atoms with E-state index in [1.807, 2.05) is 59.5 Å². The molecule has 3 aliphatic rings. The van der Waals surface area contributed by atoms with Crippen molar-refractivity contribution < 1.29 is 28.2 Å². The van der Waals surface area contributed by atoms with E-state index in [0.717, 1.165) is 23.1 Å². The van der Waals surface area contributed by atoms with Crippen molar-refractivity contribution in [3.63, 3.8) is 0 Å². The summed E-state index contributed by atoms with van der Waals surface area (Å²) in [7, 11) is 3.21. The summed E-state index contributed by atoms with van der Waals surface area (Å²) < 4.78 is 23.5. The molecule has 1 amide bonds. The number of nitrogens with zero attached hydrogens (tertiary/aromatic N) is 1. The molecule has 2 aromatic carbocycles. The number of hydrogen-bond acceptors (Lipinski definition) is 8. The van der Waals surface area contributed by atoms with Crippen molar-refractivity contribution in [2.45, 2.75) is 51.0 Å². The Balaban J connectivity index is 1.21. The molecule has 1 aliphatic heterocycles. The van der Waals surface area contributed by atoms with E-state index in [-0.39, 0.29) is 30.9 Å². The lowest BCUT2D eigenvalue weighted by Crippen LogP contribution is -2.41. The molecule has 0 N–H and O–H groups in total. The molecular weight excluding hydrogens is 583 g/mol. The predicted molar refractivity (Wildman–Crippen MR) is 171 cm³/mol. The monoisotopic (exact) mass is 617 g/mol. The third-order valence-corrected chi connectivity index (χ3v) is 9.97. The van der Waals surface area contributed by atoms with Crippen molar-refractivity contribution in [2.24, 2.45) is 11.8 Å². The summed E-state index contributed by atoms with van der Waals surface area (Å²) in [5, 5.41) is 0. The molecular formula is C34H35NO6S2. The van der Waals surface area contributed by atoms with Crippen molar-refractivity contribution in [3.05, 3.63) is 76.4 Å². The molecule has 3 atom stereocenters. The fraction of sp³-hybridized carbons (Fsp3) is 0.382. The number of thioether (sulfide) groups is 1. The van der Waals surface area contributed by atoms with Crippen LogP contribution in [-0.2, 0) is 27.2 Å². The molecule has 0 radical (unpaired) electrons. The molecule has 3 fully saturated rings. The van der Waals surface area contributed by atoms with Gasteiger partial charge in [0.25, 0.3) is 5.91 Å².